The fourth-order valence-corrected chi connectivity index (χ4v) is 2.99. The van der Waals surface area contributed by atoms with E-state index in [1.807, 2.05) is 74.5 Å². The molecule has 1 aliphatic rings. The second-order valence-electron chi connectivity index (χ2n) is 6.34. The second kappa shape index (κ2) is 8.45. The summed E-state index contributed by atoms with van der Waals surface area (Å²) in [4.78, 5) is 11.6. The molecular formula is C22H23NO4. The van der Waals surface area contributed by atoms with Crippen molar-refractivity contribution in [1.29, 1.82) is 0 Å². The number of nitrogens with one attached hydrogen (secondary N) is 1. The summed E-state index contributed by atoms with van der Waals surface area (Å²) in [6, 6.07) is 17.8. The number of allylic oxidation sites excluding steroid dienone is 3. The van der Waals surface area contributed by atoms with Gasteiger partial charge in [0.05, 0.1) is 18.7 Å². The highest BCUT2D eigenvalue weighted by Gasteiger charge is 2.25. The Morgan fingerprint density at radius 2 is 1.74 bits per heavy atom. The molecule has 0 aliphatic carbocycles. The molecule has 1 aliphatic heterocycles. The number of benzene rings is 2. The predicted octanol–water partition coefficient (Wildman–Crippen LogP) is 4.87. The number of hydrogen-bond donors (Lipinski definition) is 1. The lowest BCUT2D eigenvalue weighted by molar-refractivity contribution is 0.0925. The summed E-state index contributed by atoms with van der Waals surface area (Å²) in [7, 11) is 1.30. The summed E-state index contributed by atoms with van der Waals surface area (Å²) in [5.41, 5.74) is 3.90. The molecule has 1 N–H and O–H groups in total. The molecule has 5 heteroatoms. The van der Waals surface area contributed by atoms with E-state index in [0.717, 1.165) is 28.3 Å². The normalized spacial score (nSPS) is 16.3. The third kappa shape index (κ3) is 4.70. The predicted molar refractivity (Wildman–Crippen MR) is 103 cm³/mol. The van der Waals surface area contributed by atoms with E-state index in [9.17, 15) is 4.79 Å². The zero-order valence-corrected chi connectivity index (χ0v) is 15.7. The van der Waals surface area contributed by atoms with Gasteiger partial charge in [-0.3, -0.25) is 0 Å². The van der Waals surface area contributed by atoms with Crippen LogP contribution in [0.25, 0.3) is 0 Å². The first kappa shape index (κ1) is 18.6. The Labute approximate surface area is 159 Å². The molecule has 1 atom stereocenters. The van der Waals surface area contributed by atoms with Gasteiger partial charge in [-0.1, -0.05) is 48.5 Å². The lowest BCUT2D eigenvalue weighted by atomic mass is 9.92. The Balaban J connectivity index is 1.75. The summed E-state index contributed by atoms with van der Waals surface area (Å²) < 4.78 is 15.9. The largest absolute Gasteiger partial charge is 0.513 e. The van der Waals surface area contributed by atoms with Gasteiger partial charge in [0, 0.05) is 5.70 Å². The van der Waals surface area contributed by atoms with Crippen molar-refractivity contribution in [3.63, 3.8) is 0 Å². The van der Waals surface area contributed by atoms with Gasteiger partial charge in [0.2, 0.25) is 0 Å². The van der Waals surface area contributed by atoms with Crippen LogP contribution in [0.3, 0.4) is 0 Å². The van der Waals surface area contributed by atoms with Crippen LogP contribution in [0.2, 0.25) is 0 Å². The summed E-state index contributed by atoms with van der Waals surface area (Å²) in [6.45, 7) is 4.37. The first-order chi connectivity index (χ1) is 13.1. The van der Waals surface area contributed by atoms with Crippen LogP contribution in [0.15, 0.2) is 77.8 Å². The number of ether oxygens (including phenoxy) is 3. The minimum atomic E-state index is -0.730. The lowest BCUT2D eigenvalue weighted by Gasteiger charge is -2.25. The number of carbonyl (C=O) groups is 1. The fourth-order valence-electron chi connectivity index (χ4n) is 2.99. The molecule has 0 saturated carbocycles. The highest BCUT2D eigenvalue weighted by molar-refractivity contribution is 5.62. The number of methoxy groups -OCH3 is 1. The first-order valence-electron chi connectivity index (χ1n) is 8.75. The van der Waals surface area contributed by atoms with E-state index in [1.165, 1.54) is 7.11 Å². The maximum atomic E-state index is 11.6. The molecule has 0 fully saturated rings. The zero-order valence-electron chi connectivity index (χ0n) is 15.7. The number of rotatable bonds is 5. The first-order valence-corrected chi connectivity index (χ1v) is 8.75. The van der Waals surface area contributed by atoms with Crippen LogP contribution >= 0.6 is 0 Å². The van der Waals surface area contributed by atoms with Gasteiger partial charge in [0.15, 0.2) is 0 Å². The van der Waals surface area contributed by atoms with Crippen molar-refractivity contribution in [3.8, 4) is 5.75 Å². The maximum absolute atomic E-state index is 11.6. The smallest absolute Gasteiger partial charge is 0.489 e. The molecule has 0 bridgehead atoms. The highest BCUT2D eigenvalue weighted by Crippen LogP contribution is 2.33. The molecule has 140 valence electrons. The molecule has 2 aromatic carbocycles. The third-order valence-electron chi connectivity index (χ3n) is 4.30. The van der Waals surface area contributed by atoms with Crippen LogP contribution in [0, 0.1) is 0 Å². The molecule has 0 spiro atoms. The average molecular weight is 365 g/mol. The SMILES string of the molecule is COC(=O)OC1=C(C)NC(C)=C[C@H]1c1ccc(OCc2ccccc2)cc1. The van der Waals surface area contributed by atoms with Gasteiger partial charge in [-0.05, 0) is 37.1 Å². The van der Waals surface area contributed by atoms with Gasteiger partial charge < -0.3 is 19.5 Å². The maximum Gasteiger partial charge on any atom is 0.513 e. The Morgan fingerprint density at radius 3 is 2.41 bits per heavy atom. The zero-order chi connectivity index (χ0) is 19.2. The monoisotopic (exact) mass is 365 g/mol. The molecule has 0 amide bonds. The highest BCUT2D eigenvalue weighted by atomic mass is 16.7. The third-order valence-corrected chi connectivity index (χ3v) is 4.30. The van der Waals surface area contributed by atoms with E-state index in [0.29, 0.717) is 12.4 Å². The number of carbonyl (C=O) groups excluding carboxylic acids is 1. The molecule has 0 saturated heterocycles. The van der Waals surface area contributed by atoms with E-state index in [-0.39, 0.29) is 5.92 Å². The van der Waals surface area contributed by atoms with Crippen molar-refractivity contribution >= 4 is 6.16 Å². The van der Waals surface area contributed by atoms with Gasteiger partial charge >= 0.3 is 6.16 Å². The summed E-state index contributed by atoms with van der Waals surface area (Å²) in [5, 5.41) is 3.19. The molecule has 27 heavy (non-hydrogen) atoms. The standard InChI is InChI=1S/C22H23NO4/c1-15-13-20(21(16(2)23-15)27-22(24)25-3)18-9-11-19(12-10-18)26-14-17-7-5-4-6-8-17/h4-13,20,23H,14H2,1-3H3/t20-/m0/s1. The van der Waals surface area contributed by atoms with Gasteiger partial charge in [-0.25, -0.2) is 4.79 Å². The number of hydrogen-bond acceptors (Lipinski definition) is 5. The van der Waals surface area contributed by atoms with Gasteiger partial charge in [-0.2, -0.15) is 0 Å². The molecule has 5 nitrogen and oxygen atoms in total. The summed E-state index contributed by atoms with van der Waals surface area (Å²) >= 11 is 0. The molecule has 0 radical (unpaired) electrons. The van der Waals surface area contributed by atoms with Gasteiger partial charge in [-0.15, -0.1) is 0 Å². The van der Waals surface area contributed by atoms with Crippen LogP contribution in [-0.4, -0.2) is 13.3 Å². The Bertz CT molecular complexity index is 854. The molecular weight excluding hydrogens is 342 g/mol. The fraction of sp³-hybridized carbons (Fsp3) is 0.227. The summed E-state index contributed by atoms with van der Waals surface area (Å²) in [6.07, 6.45) is 1.29. The van der Waals surface area contributed by atoms with Crippen molar-refractivity contribution in [2.24, 2.45) is 0 Å². The van der Waals surface area contributed by atoms with Crippen LogP contribution in [0.4, 0.5) is 4.79 Å². The summed E-state index contributed by atoms with van der Waals surface area (Å²) in [5.74, 6) is 1.15. The van der Waals surface area contributed by atoms with Crippen molar-refractivity contribution in [2.45, 2.75) is 26.4 Å². The van der Waals surface area contributed by atoms with Crippen molar-refractivity contribution in [3.05, 3.63) is 89.0 Å². The minimum Gasteiger partial charge on any atom is -0.489 e. The number of dihydropyridines is 1. The minimum absolute atomic E-state index is 0.173. The lowest BCUT2D eigenvalue weighted by Crippen LogP contribution is -2.23. The van der Waals surface area contributed by atoms with Crippen LogP contribution < -0.4 is 10.1 Å². The van der Waals surface area contributed by atoms with Crippen molar-refractivity contribution in [1.82, 2.24) is 5.32 Å². The van der Waals surface area contributed by atoms with E-state index < -0.39 is 6.16 Å². The van der Waals surface area contributed by atoms with Gasteiger partial charge in [0.1, 0.15) is 18.1 Å². The second-order valence-corrected chi connectivity index (χ2v) is 6.34. The van der Waals surface area contributed by atoms with Crippen LogP contribution in [0.5, 0.6) is 5.75 Å². The van der Waals surface area contributed by atoms with E-state index >= 15 is 0 Å². The topological polar surface area (TPSA) is 56.8 Å². The quantitative estimate of drug-likeness (QED) is 0.766. The molecule has 3 rings (SSSR count). The van der Waals surface area contributed by atoms with Crippen molar-refractivity contribution in [2.75, 3.05) is 7.11 Å². The molecule has 0 unspecified atom stereocenters. The van der Waals surface area contributed by atoms with E-state index in [2.05, 4.69) is 10.1 Å². The Morgan fingerprint density at radius 1 is 1.04 bits per heavy atom. The Kier molecular flexibility index (Phi) is 5.81. The molecule has 0 aromatic heterocycles. The van der Waals surface area contributed by atoms with E-state index in [1.54, 1.807) is 0 Å². The van der Waals surface area contributed by atoms with Crippen molar-refractivity contribution < 1.29 is 19.0 Å². The average Bonchev–Trinajstić information content (AvgIpc) is 2.69. The molecule has 2 aromatic rings. The van der Waals surface area contributed by atoms with Crippen LogP contribution in [-0.2, 0) is 16.1 Å². The van der Waals surface area contributed by atoms with Gasteiger partial charge in [0.25, 0.3) is 0 Å². The van der Waals surface area contributed by atoms with E-state index in [4.69, 9.17) is 9.47 Å². The molecule has 1 heterocycles. The Hall–Kier alpha value is -3.21. The van der Waals surface area contributed by atoms with Crippen LogP contribution in [0.1, 0.15) is 30.9 Å².